The summed E-state index contributed by atoms with van der Waals surface area (Å²) in [6, 6.07) is 9.77. The lowest BCUT2D eigenvalue weighted by Gasteiger charge is -2.18. The number of Topliss-reactive ketones (excluding diaryl/α,β-unsaturated/α-hetero) is 1. The Morgan fingerprint density at radius 2 is 1.68 bits per heavy atom. The first-order chi connectivity index (χ1) is 13.0. The van der Waals surface area contributed by atoms with E-state index in [2.05, 4.69) is 5.32 Å². The van der Waals surface area contributed by atoms with Crippen molar-refractivity contribution in [1.82, 2.24) is 0 Å². The van der Waals surface area contributed by atoms with Gasteiger partial charge in [-0.05, 0) is 49.4 Å². The van der Waals surface area contributed by atoms with Crippen molar-refractivity contribution in [3.63, 3.8) is 0 Å². The largest absolute Gasteiger partial charge is 0.451 e. The Balaban J connectivity index is 2.04. The Kier molecular flexibility index (Phi) is 6.56. The number of carbonyl (C=O) groups excluding carboxylic acids is 3. The summed E-state index contributed by atoms with van der Waals surface area (Å²) in [7, 11) is 0. The van der Waals surface area contributed by atoms with Crippen LogP contribution in [0, 0.1) is 11.2 Å². The summed E-state index contributed by atoms with van der Waals surface area (Å²) in [5, 5.41) is 2.90. The minimum atomic E-state index is -1.11. The molecule has 0 aliphatic heterocycles. The van der Waals surface area contributed by atoms with E-state index in [9.17, 15) is 18.8 Å². The van der Waals surface area contributed by atoms with E-state index in [1.54, 1.807) is 32.9 Å². The molecule has 2 rings (SSSR count). The van der Waals surface area contributed by atoms with E-state index >= 15 is 0 Å². The van der Waals surface area contributed by atoms with Crippen LogP contribution < -0.4 is 5.32 Å². The van der Waals surface area contributed by atoms with Gasteiger partial charge in [-0.3, -0.25) is 9.59 Å². The fraction of sp³-hybridized carbons (Fsp3) is 0.286. The second-order valence-electron chi connectivity index (χ2n) is 7.32. The van der Waals surface area contributed by atoms with Crippen LogP contribution >= 0.6 is 11.6 Å². The number of halogens is 2. The van der Waals surface area contributed by atoms with Crippen molar-refractivity contribution in [1.29, 1.82) is 0 Å². The van der Waals surface area contributed by atoms with E-state index in [1.165, 1.54) is 31.2 Å². The van der Waals surface area contributed by atoms with Crippen molar-refractivity contribution in [3.8, 4) is 0 Å². The predicted octanol–water partition coefficient (Wildman–Crippen LogP) is 4.89. The zero-order valence-corrected chi connectivity index (χ0v) is 16.8. The number of esters is 1. The molecule has 0 radical (unpaired) electrons. The lowest BCUT2D eigenvalue weighted by Crippen LogP contribution is -2.27. The number of amides is 1. The monoisotopic (exact) mass is 405 g/mol. The normalized spacial score (nSPS) is 12.2. The maximum absolute atomic E-state index is 13.8. The van der Waals surface area contributed by atoms with Crippen LogP contribution in [0.1, 0.15) is 48.4 Å². The minimum Gasteiger partial charge on any atom is -0.451 e. The lowest BCUT2D eigenvalue weighted by atomic mass is 9.95. The van der Waals surface area contributed by atoms with Crippen molar-refractivity contribution in [2.24, 2.45) is 5.41 Å². The van der Waals surface area contributed by atoms with Gasteiger partial charge in [0.1, 0.15) is 5.82 Å². The van der Waals surface area contributed by atoms with E-state index in [-0.39, 0.29) is 16.5 Å². The van der Waals surface area contributed by atoms with E-state index in [0.29, 0.717) is 11.3 Å². The SMILES string of the molecule is C[C@H](OC(=O)c1ccc(Cl)cc1F)C(=O)c1ccc(NC(=O)C(C)(C)C)cc1. The van der Waals surface area contributed by atoms with Gasteiger partial charge in [0.25, 0.3) is 0 Å². The molecule has 1 amide bonds. The third-order valence-corrected chi connectivity index (χ3v) is 4.15. The number of ketones is 1. The van der Waals surface area contributed by atoms with Gasteiger partial charge >= 0.3 is 5.97 Å². The zero-order valence-electron chi connectivity index (χ0n) is 16.0. The number of anilines is 1. The molecule has 2 aromatic carbocycles. The Hall–Kier alpha value is -2.73. The van der Waals surface area contributed by atoms with E-state index in [4.69, 9.17) is 16.3 Å². The number of carbonyl (C=O) groups is 3. The number of benzene rings is 2. The average molecular weight is 406 g/mol. The summed E-state index contributed by atoms with van der Waals surface area (Å²) < 4.78 is 18.9. The Labute approximate surface area is 167 Å². The first kappa shape index (κ1) is 21.6. The first-order valence-corrected chi connectivity index (χ1v) is 8.98. The molecule has 0 aromatic heterocycles. The molecule has 0 aliphatic rings. The summed E-state index contributed by atoms with van der Waals surface area (Å²) in [6.45, 7) is 6.78. The van der Waals surface area contributed by atoms with Crippen LogP contribution in [0.25, 0.3) is 0 Å². The van der Waals surface area contributed by atoms with Gasteiger partial charge in [0.05, 0.1) is 5.56 Å². The highest BCUT2D eigenvalue weighted by atomic mass is 35.5. The summed E-state index contributed by atoms with van der Waals surface area (Å²) in [5.41, 5.74) is -0.00647. The molecule has 0 fully saturated rings. The smallest absolute Gasteiger partial charge is 0.341 e. The molecule has 1 N–H and O–H groups in total. The molecule has 5 nitrogen and oxygen atoms in total. The highest BCUT2D eigenvalue weighted by molar-refractivity contribution is 6.30. The van der Waals surface area contributed by atoms with Crippen molar-refractivity contribution >= 4 is 34.9 Å². The number of hydrogen-bond acceptors (Lipinski definition) is 4. The van der Waals surface area contributed by atoms with Crippen LogP contribution in [-0.2, 0) is 9.53 Å². The van der Waals surface area contributed by atoms with Crippen molar-refractivity contribution in [3.05, 3.63) is 64.4 Å². The van der Waals surface area contributed by atoms with Crippen LogP contribution in [0.5, 0.6) is 0 Å². The predicted molar refractivity (Wildman–Crippen MR) is 105 cm³/mol. The van der Waals surface area contributed by atoms with Crippen molar-refractivity contribution in [2.45, 2.75) is 33.8 Å². The molecule has 28 heavy (non-hydrogen) atoms. The van der Waals surface area contributed by atoms with Crippen LogP contribution in [0.3, 0.4) is 0 Å². The average Bonchev–Trinajstić information content (AvgIpc) is 2.60. The molecule has 148 valence electrons. The molecule has 0 aliphatic carbocycles. The summed E-state index contributed by atoms with van der Waals surface area (Å²) in [6.07, 6.45) is -1.11. The molecule has 0 unspecified atom stereocenters. The second-order valence-corrected chi connectivity index (χ2v) is 7.75. The highest BCUT2D eigenvalue weighted by Gasteiger charge is 2.23. The zero-order chi connectivity index (χ0) is 21.1. The van der Waals surface area contributed by atoms with Gasteiger partial charge < -0.3 is 10.1 Å². The van der Waals surface area contributed by atoms with E-state index < -0.39 is 29.1 Å². The fourth-order valence-corrected chi connectivity index (χ4v) is 2.36. The molecule has 0 heterocycles. The number of hydrogen-bond donors (Lipinski definition) is 1. The van der Waals surface area contributed by atoms with Gasteiger partial charge in [-0.25, -0.2) is 9.18 Å². The quantitative estimate of drug-likeness (QED) is 0.567. The third-order valence-electron chi connectivity index (χ3n) is 3.91. The Morgan fingerprint density at radius 1 is 1.07 bits per heavy atom. The van der Waals surface area contributed by atoms with Crippen LogP contribution in [0.4, 0.5) is 10.1 Å². The molecule has 0 spiro atoms. The molecule has 7 heteroatoms. The van der Waals surface area contributed by atoms with Gasteiger partial charge in [0.2, 0.25) is 11.7 Å². The van der Waals surface area contributed by atoms with Crippen molar-refractivity contribution < 1.29 is 23.5 Å². The van der Waals surface area contributed by atoms with Crippen LogP contribution in [0.2, 0.25) is 5.02 Å². The number of ether oxygens (including phenoxy) is 1. The summed E-state index contributed by atoms with van der Waals surface area (Å²) in [4.78, 5) is 36.5. The minimum absolute atomic E-state index is 0.150. The van der Waals surface area contributed by atoms with Crippen molar-refractivity contribution in [2.75, 3.05) is 5.32 Å². The van der Waals surface area contributed by atoms with Gasteiger partial charge in [-0.1, -0.05) is 32.4 Å². The van der Waals surface area contributed by atoms with E-state index in [0.717, 1.165) is 6.07 Å². The molecular formula is C21H21ClFNO4. The summed E-state index contributed by atoms with van der Waals surface area (Å²) in [5.74, 6) is -2.38. The highest BCUT2D eigenvalue weighted by Crippen LogP contribution is 2.19. The fourth-order valence-electron chi connectivity index (χ4n) is 2.20. The molecule has 1 atom stereocenters. The van der Waals surface area contributed by atoms with Gasteiger partial charge in [0, 0.05) is 21.7 Å². The molecule has 0 saturated heterocycles. The first-order valence-electron chi connectivity index (χ1n) is 8.61. The maximum Gasteiger partial charge on any atom is 0.341 e. The maximum atomic E-state index is 13.8. The number of nitrogens with one attached hydrogen (secondary N) is 1. The Bertz CT molecular complexity index is 904. The standard InChI is InChI=1S/C21H21ClFNO4/c1-12(28-19(26)16-10-7-14(22)11-17(16)23)18(25)13-5-8-15(9-6-13)24-20(27)21(2,3)4/h5-12H,1-4H3,(H,24,27)/t12-/m0/s1. The molecular weight excluding hydrogens is 385 g/mol. The van der Waals surface area contributed by atoms with Gasteiger partial charge in [0.15, 0.2) is 6.10 Å². The van der Waals surface area contributed by atoms with Crippen LogP contribution in [-0.4, -0.2) is 23.8 Å². The Morgan fingerprint density at radius 3 is 2.21 bits per heavy atom. The molecule has 2 aromatic rings. The topological polar surface area (TPSA) is 72.5 Å². The molecule has 0 bridgehead atoms. The van der Waals surface area contributed by atoms with E-state index in [1.807, 2.05) is 0 Å². The van der Waals surface area contributed by atoms with Gasteiger partial charge in [-0.15, -0.1) is 0 Å². The molecule has 0 saturated carbocycles. The van der Waals surface area contributed by atoms with Crippen LogP contribution in [0.15, 0.2) is 42.5 Å². The lowest BCUT2D eigenvalue weighted by molar-refractivity contribution is -0.123. The van der Waals surface area contributed by atoms with Gasteiger partial charge in [-0.2, -0.15) is 0 Å². The summed E-state index contributed by atoms with van der Waals surface area (Å²) >= 11 is 5.65. The number of rotatable bonds is 5. The third kappa shape index (κ3) is 5.39. The second kappa shape index (κ2) is 8.52.